The Kier molecular flexibility index (Phi) is 2.69. The molecule has 0 aromatic carbocycles. The second-order valence-corrected chi connectivity index (χ2v) is 5.36. The van der Waals surface area contributed by atoms with E-state index < -0.39 is 30.0 Å². The molecule has 1 rings (SSSR count). The molecule has 8 nitrogen and oxygen atoms in total. The van der Waals surface area contributed by atoms with Crippen molar-refractivity contribution in [2.75, 3.05) is 0 Å². The molecule has 1 aromatic rings. The van der Waals surface area contributed by atoms with Gasteiger partial charge >= 0.3 is 20.2 Å². The molecule has 0 saturated carbocycles. The van der Waals surface area contributed by atoms with E-state index in [0.29, 0.717) is 18.5 Å². The van der Waals surface area contributed by atoms with Crippen molar-refractivity contribution < 1.29 is 30.7 Å². The lowest BCUT2D eigenvalue weighted by molar-refractivity contribution is -0.609. The van der Waals surface area contributed by atoms with Crippen LogP contribution in [0.3, 0.4) is 0 Å². The molecular formula is C5H5NO7S2. The molecule has 84 valence electrons. The van der Waals surface area contributed by atoms with Crippen molar-refractivity contribution in [1.82, 2.24) is 0 Å². The Balaban J connectivity index is 3.57. The molecule has 0 bridgehead atoms. The molecule has 10 heteroatoms. The minimum absolute atomic E-state index is 0.161. The highest BCUT2D eigenvalue weighted by atomic mass is 32.2. The van der Waals surface area contributed by atoms with Gasteiger partial charge in [-0.3, -0.25) is 9.11 Å². The van der Waals surface area contributed by atoms with E-state index in [-0.39, 0.29) is 4.73 Å². The monoisotopic (exact) mass is 255 g/mol. The molecule has 0 unspecified atom stereocenters. The van der Waals surface area contributed by atoms with Crippen molar-refractivity contribution in [1.29, 1.82) is 0 Å². The van der Waals surface area contributed by atoms with E-state index in [1.165, 1.54) is 0 Å². The van der Waals surface area contributed by atoms with E-state index in [2.05, 4.69) is 0 Å². The third kappa shape index (κ3) is 2.86. The molecule has 15 heavy (non-hydrogen) atoms. The molecule has 0 aliphatic heterocycles. The molecule has 0 saturated heterocycles. The predicted octanol–water partition coefficient (Wildman–Crippen LogP) is -1.19. The van der Waals surface area contributed by atoms with Crippen LogP contribution in [-0.4, -0.2) is 25.9 Å². The molecule has 1 heterocycles. The summed E-state index contributed by atoms with van der Waals surface area (Å²) < 4.78 is 59.3. The summed E-state index contributed by atoms with van der Waals surface area (Å²) >= 11 is 0. The lowest BCUT2D eigenvalue weighted by atomic mass is 10.5. The van der Waals surface area contributed by atoms with Gasteiger partial charge in [-0.2, -0.15) is 21.6 Å². The Hall–Kier alpha value is -1.23. The standard InChI is InChI=1S/C5H5NO7S2/c7-6-2-4(14(8,9)10)1-5(3-6)15(11,12)13/h1-3H,(H,8,9,10)(H,11,12,13). The van der Waals surface area contributed by atoms with Crippen molar-refractivity contribution in [3.63, 3.8) is 0 Å². The number of rotatable bonds is 2. The zero-order valence-corrected chi connectivity index (χ0v) is 8.56. The van der Waals surface area contributed by atoms with E-state index in [4.69, 9.17) is 9.11 Å². The molecule has 0 aliphatic carbocycles. The zero-order chi connectivity index (χ0) is 11.9. The van der Waals surface area contributed by atoms with Crippen molar-refractivity contribution in [2.24, 2.45) is 0 Å². The second kappa shape index (κ2) is 3.41. The van der Waals surface area contributed by atoms with Crippen molar-refractivity contribution >= 4 is 20.2 Å². The average molecular weight is 255 g/mol. The average Bonchev–Trinajstić information content (AvgIpc) is 1.99. The highest BCUT2D eigenvalue weighted by molar-refractivity contribution is 7.86. The van der Waals surface area contributed by atoms with Crippen molar-refractivity contribution in [2.45, 2.75) is 9.79 Å². The summed E-state index contributed by atoms with van der Waals surface area (Å²) in [4.78, 5) is -1.85. The molecular weight excluding hydrogens is 250 g/mol. The molecule has 0 atom stereocenters. The Morgan fingerprint density at radius 1 is 1.00 bits per heavy atom. The molecule has 0 amide bonds. The molecule has 0 radical (unpaired) electrons. The van der Waals surface area contributed by atoms with Gasteiger partial charge in [0.25, 0.3) is 0 Å². The topological polar surface area (TPSA) is 136 Å². The largest absolute Gasteiger partial charge is 0.619 e. The van der Waals surface area contributed by atoms with E-state index in [0.717, 1.165) is 0 Å². The third-order valence-corrected chi connectivity index (χ3v) is 3.03. The summed E-state index contributed by atoms with van der Waals surface area (Å²) in [6.45, 7) is 0. The first-order valence-electron chi connectivity index (χ1n) is 3.29. The van der Waals surface area contributed by atoms with Crippen molar-refractivity contribution in [3.8, 4) is 0 Å². The predicted molar refractivity (Wildman–Crippen MR) is 45.0 cm³/mol. The van der Waals surface area contributed by atoms with Gasteiger partial charge in [-0.05, 0) is 6.07 Å². The van der Waals surface area contributed by atoms with Crippen molar-refractivity contribution in [3.05, 3.63) is 23.7 Å². The zero-order valence-electron chi connectivity index (χ0n) is 6.93. The number of pyridine rings is 1. The van der Waals surface area contributed by atoms with Gasteiger partial charge < -0.3 is 5.21 Å². The van der Waals surface area contributed by atoms with Crippen LogP contribution >= 0.6 is 0 Å². The van der Waals surface area contributed by atoms with E-state index >= 15 is 0 Å². The molecule has 0 aliphatic rings. The molecule has 0 spiro atoms. The Labute approximate surface area is 84.9 Å². The number of nitrogens with zero attached hydrogens (tertiary/aromatic N) is 1. The molecule has 1 aromatic heterocycles. The van der Waals surface area contributed by atoms with Crippen LogP contribution in [0.5, 0.6) is 0 Å². The Morgan fingerprint density at radius 3 is 1.60 bits per heavy atom. The first kappa shape index (κ1) is 11.8. The SMILES string of the molecule is O=S(=O)(O)c1cc(S(=O)(=O)O)c[n+]([O-])c1. The molecule has 0 fully saturated rings. The highest BCUT2D eigenvalue weighted by Crippen LogP contribution is 2.12. The van der Waals surface area contributed by atoms with Gasteiger partial charge in [0.1, 0.15) is 0 Å². The van der Waals surface area contributed by atoms with Crippen LogP contribution < -0.4 is 4.73 Å². The maximum Gasteiger partial charge on any atom is 0.300 e. The van der Waals surface area contributed by atoms with Gasteiger partial charge in [-0.25, -0.2) is 0 Å². The van der Waals surface area contributed by atoms with Gasteiger partial charge in [-0.1, -0.05) is 0 Å². The van der Waals surface area contributed by atoms with Crippen LogP contribution in [-0.2, 0) is 20.2 Å². The summed E-state index contributed by atoms with van der Waals surface area (Å²) in [5.41, 5.74) is 0. The van der Waals surface area contributed by atoms with E-state index in [9.17, 15) is 22.0 Å². The maximum atomic E-state index is 10.8. The minimum atomic E-state index is -4.70. The smallest absolute Gasteiger partial charge is 0.300 e. The van der Waals surface area contributed by atoms with Crippen LogP contribution in [0.2, 0.25) is 0 Å². The van der Waals surface area contributed by atoms with Gasteiger partial charge in [0, 0.05) is 0 Å². The quantitative estimate of drug-likeness (QED) is 0.385. The normalized spacial score (nSPS) is 12.7. The van der Waals surface area contributed by atoms with Gasteiger partial charge in [0.05, 0.1) is 0 Å². The van der Waals surface area contributed by atoms with E-state index in [1.807, 2.05) is 0 Å². The van der Waals surface area contributed by atoms with Crippen LogP contribution in [0.15, 0.2) is 28.3 Å². The Bertz CT molecular complexity index is 538. The summed E-state index contributed by atoms with van der Waals surface area (Å²) in [7, 11) is -9.41. The van der Waals surface area contributed by atoms with Crippen LogP contribution in [0.1, 0.15) is 0 Å². The third-order valence-electron chi connectivity index (χ3n) is 1.39. The fourth-order valence-electron chi connectivity index (χ4n) is 0.785. The van der Waals surface area contributed by atoms with E-state index in [1.54, 1.807) is 0 Å². The van der Waals surface area contributed by atoms with Gasteiger partial charge in [-0.15, -0.1) is 0 Å². The first-order valence-corrected chi connectivity index (χ1v) is 6.17. The van der Waals surface area contributed by atoms with Gasteiger partial charge in [0.15, 0.2) is 9.79 Å². The lowest BCUT2D eigenvalue weighted by Gasteiger charge is -2.01. The second-order valence-electron chi connectivity index (χ2n) is 2.52. The summed E-state index contributed by atoms with van der Waals surface area (Å²) in [6, 6.07) is 0.457. The summed E-state index contributed by atoms with van der Waals surface area (Å²) in [5, 5.41) is 10.8. The van der Waals surface area contributed by atoms with Gasteiger partial charge in [0.2, 0.25) is 12.4 Å². The maximum absolute atomic E-state index is 10.8. The van der Waals surface area contributed by atoms with Crippen LogP contribution in [0.4, 0.5) is 0 Å². The molecule has 2 N–H and O–H groups in total. The summed E-state index contributed by atoms with van der Waals surface area (Å²) in [6.07, 6.45) is 0.897. The first-order chi connectivity index (χ1) is 6.60. The fraction of sp³-hybridized carbons (Fsp3) is 0. The highest BCUT2D eigenvalue weighted by Gasteiger charge is 2.20. The lowest BCUT2D eigenvalue weighted by Crippen LogP contribution is -2.28. The number of hydrogen-bond donors (Lipinski definition) is 2. The number of aromatic nitrogens is 1. The summed E-state index contributed by atoms with van der Waals surface area (Å²) in [5.74, 6) is 0. The van der Waals surface area contributed by atoms with Crippen LogP contribution in [0, 0.1) is 5.21 Å². The number of hydrogen-bond acceptors (Lipinski definition) is 5. The van der Waals surface area contributed by atoms with Crippen LogP contribution in [0.25, 0.3) is 0 Å². The Morgan fingerprint density at radius 2 is 1.33 bits per heavy atom. The minimum Gasteiger partial charge on any atom is -0.619 e. The fourth-order valence-corrected chi connectivity index (χ4v) is 1.89.